The molecule has 3 rings (SSSR count). The number of hydrogen-bond acceptors (Lipinski definition) is 8. The molecule has 0 aliphatic carbocycles. The smallest absolute Gasteiger partial charge is 0.410 e. The molecular formula is C26H40N6O5S. The number of amidine groups is 1. The van der Waals surface area contributed by atoms with Crippen LogP contribution in [0.4, 0.5) is 15.3 Å². The number of fused-ring (bicyclic) bond motifs is 1. The number of carbonyl (C=O) groups is 3. The Balaban J connectivity index is 1.65. The zero-order valence-corrected chi connectivity index (χ0v) is 23.8. The molecule has 11 nitrogen and oxygen atoms in total. The van der Waals surface area contributed by atoms with Gasteiger partial charge in [0.2, 0.25) is 0 Å². The molecule has 0 unspecified atom stereocenters. The standard InChI is InChI=1S/C26H40N6O5S/c1-6-8-32(36-10-9-30(7-2)24(28)34)23(33)18-12-21-20(29-22(27)13-18)14-19(38-21)11-17-15-31(16-17)25(35)37-26(3,4)5/h12,14,17H,6-11,13,15-16H2,1-5H3,(H2,27,29)(H2,28,34). The SMILES string of the molecule is CCCN(OCCN(CC)C(N)=O)C(=O)C1=Cc2sc(CC3CN(C(=O)OC(C)(C)C)C3)cc2N=C(N)C1. The van der Waals surface area contributed by atoms with Gasteiger partial charge in [-0.3, -0.25) is 9.63 Å². The van der Waals surface area contributed by atoms with Crippen LogP contribution in [0, 0.1) is 5.92 Å². The Morgan fingerprint density at radius 1 is 1.21 bits per heavy atom. The van der Waals surface area contributed by atoms with Crippen LogP contribution in [0.5, 0.6) is 0 Å². The van der Waals surface area contributed by atoms with Crippen LogP contribution in [0.25, 0.3) is 6.08 Å². The number of carbonyl (C=O) groups excluding carboxylic acids is 3. The van der Waals surface area contributed by atoms with Crippen molar-refractivity contribution in [1.29, 1.82) is 0 Å². The van der Waals surface area contributed by atoms with Crippen molar-refractivity contribution in [2.45, 2.75) is 59.5 Å². The molecular weight excluding hydrogens is 508 g/mol. The quantitative estimate of drug-likeness (QED) is 0.428. The fourth-order valence-electron chi connectivity index (χ4n) is 4.21. The zero-order chi connectivity index (χ0) is 28.0. The summed E-state index contributed by atoms with van der Waals surface area (Å²) >= 11 is 1.58. The van der Waals surface area contributed by atoms with E-state index in [1.165, 1.54) is 9.96 Å². The molecule has 1 aromatic heterocycles. The van der Waals surface area contributed by atoms with Crippen LogP contribution >= 0.6 is 11.3 Å². The molecule has 0 saturated carbocycles. The molecule has 0 bridgehead atoms. The van der Waals surface area contributed by atoms with Gasteiger partial charge in [-0.15, -0.1) is 11.3 Å². The van der Waals surface area contributed by atoms with Crippen LogP contribution in [0.15, 0.2) is 16.6 Å². The summed E-state index contributed by atoms with van der Waals surface area (Å²) in [5.74, 6) is 0.421. The van der Waals surface area contributed by atoms with Gasteiger partial charge in [-0.05, 0) is 58.6 Å². The monoisotopic (exact) mass is 548 g/mol. The summed E-state index contributed by atoms with van der Waals surface area (Å²) in [5.41, 5.74) is 12.3. The van der Waals surface area contributed by atoms with Crippen LogP contribution in [-0.2, 0) is 20.8 Å². The van der Waals surface area contributed by atoms with E-state index in [-0.39, 0.29) is 31.6 Å². The molecule has 2 aliphatic rings. The number of likely N-dealkylation sites (N-methyl/N-ethyl adjacent to an activating group) is 1. The van der Waals surface area contributed by atoms with Crippen molar-refractivity contribution in [3.05, 3.63) is 21.4 Å². The van der Waals surface area contributed by atoms with E-state index < -0.39 is 11.6 Å². The number of urea groups is 1. The lowest BCUT2D eigenvalue weighted by molar-refractivity contribution is -0.183. The Morgan fingerprint density at radius 2 is 1.92 bits per heavy atom. The van der Waals surface area contributed by atoms with Crippen molar-refractivity contribution in [2.75, 3.05) is 39.3 Å². The number of likely N-dealkylation sites (tertiary alicyclic amines) is 1. The topological polar surface area (TPSA) is 144 Å². The van der Waals surface area contributed by atoms with Gasteiger partial charge in [-0.25, -0.2) is 19.6 Å². The van der Waals surface area contributed by atoms with Crippen molar-refractivity contribution in [3.8, 4) is 0 Å². The number of nitrogens with zero attached hydrogens (tertiary/aromatic N) is 4. The van der Waals surface area contributed by atoms with Crippen LogP contribution in [0.3, 0.4) is 0 Å². The van der Waals surface area contributed by atoms with E-state index in [1.54, 1.807) is 16.2 Å². The third-order valence-corrected chi connectivity index (χ3v) is 7.15. The van der Waals surface area contributed by atoms with Crippen molar-refractivity contribution in [1.82, 2.24) is 14.9 Å². The molecule has 0 atom stereocenters. The molecule has 0 radical (unpaired) electrons. The van der Waals surface area contributed by atoms with Gasteiger partial charge in [0.05, 0.1) is 17.2 Å². The van der Waals surface area contributed by atoms with E-state index in [4.69, 9.17) is 21.0 Å². The minimum Gasteiger partial charge on any atom is -0.444 e. The first kappa shape index (κ1) is 29.4. The molecule has 1 fully saturated rings. The van der Waals surface area contributed by atoms with E-state index in [2.05, 4.69) is 4.99 Å². The van der Waals surface area contributed by atoms with Crippen molar-refractivity contribution >= 4 is 47.0 Å². The summed E-state index contributed by atoms with van der Waals surface area (Å²) in [6.45, 7) is 11.9. The number of primary amides is 1. The van der Waals surface area contributed by atoms with E-state index >= 15 is 0 Å². The highest BCUT2D eigenvalue weighted by atomic mass is 32.1. The van der Waals surface area contributed by atoms with Crippen LogP contribution < -0.4 is 11.5 Å². The number of hydrogen-bond donors (Lipinski definition) is 2. The molecule has 4 amide bonds. The first-order valence-corrected chi connectivity index (χ1v) is 13.8. The zero-order valence-electron chi connectivity index (χ0n) is 23.0. The Labute approximate surface area is 228 Å². The highest BCUT2D eigenvalue weighted by molar-refractivity contribution is 7.13. The van der Waals surface area contributed by atoms with Gasteiger partial charge < -0.3 is 26.0 Å². The predicted molar refractivity (Wildman–Crippen MR) is 148 cm³/mol. The molecule has 38 heavy (non-hydrogen) atoms. The maximum Gasteiger partial charge on any atom is 0.410 e. The number of nitrogens with two attached hydrogens (primary N) is 2. The third kappa shape index (κ3) is 7.94. The second-order valence-electron chi connectivity index (χ2n) is 10.5. The predicted octanol–water partition coefficient (Wildman–Crippen LogP) is 3.50. The molecule has 2 aliphatic heterocycles. The second-order valence-corrected chi connectivity index (χ2v) is 11.7. The molecule has 210 valence electrons. The third-order valence-electron chi connectivity index (χ3n) is 6.06. The van der Waals surface area contributed by atoms with Crippen molar-refractivity contribution in [3.63, 3.8) is 0 Å². The molecule has 1 aromatic rings. The number of rotatable bonds is 10. The van der Waals surface area contributed by atoms with Gasteiger partial charge in [0, 0.05) is 49.6 Å². The van der Waals surface area contributed by atoms with Gasteiger partial charge >= 0.3 is 12.1 Å². The normalized spacial score (nSPS) is 15.6. The van der Waals surface area contributed by atoms with Crippen LogP contribution in [0.2, 0.25) is 0 Å². The number of ether oxygens (including phenoxy) is 1. The van der Waals surface area contributed by atoms with E-state index in [0.717, 1.165) is 21.9 Å². The van der Waals surface area contributed by atoms with Crippen LogP contribution in [0.1, 0.15) is 57.2 Å². The minimum atomic E-state index is -0.527. The summed E-state index contributed by atoms with van der Waals surface area (Å²) in [6.07, 6.45) is 3.29. The second kappa shape index (κ2) is 12.6. The highest BCUT2D eigenvalue weighted by Gasteiger charge is 2.34. The van der Waals surface area contributed by atoms with E-state index in [1.807, 2.05) is 46.8 Å². The lowest BCUT2D eigenvalue weighted by atomic mass is 9.96. The van der Waals surface area contributed by atoms with Gasteiger partial charge in [0.15, 0.2) is 0 Å². The Hall–Kier alpha value is -3.12. The maximum absolute atomic E-state index is 13.4. The minimum absolute atomic E-state index is 0.148. The van der Waals surface area contributed by atoms with Gasteiger partial charge in [-0.1, -0.05) is 6.92 Å². The average molecular weight is 549 g/mol. The molecule has 4 N–H and O–H groups in total. The number of amides is 4. The fourth-order valence-corrected chi connectivity index (χ4v) is 5.39. The molecule has 3 heterocycles. The fraction of sp³-hybridized carbons (Fsp3) is 0.615. The van der Waals surface area contributed by atoms with Crippen LogP contribution in [-0.4, -0.2) is 83.7 Å². The van der Waals surface area contributed by atoms with E-state index in [0.29, 0.717) is 49.9 Å². The Morgan fingerprint density at radius 3 is 2.53 bits per heavy atom. The molecule has 12 heteroatoms. The van der Waals surface area contributed by atoms with Gasteiger partial charge in [0.25, 0.3) is 5.91 Å². The largest absolute Gasteiger partial charge is 0.444 e. The lowest BCUT2D eigenvalue weighted by Crippen LogP contribution is -2.52. The number of aliphatic imine (C=N–C) groups is 1. The number of hydroxylamine groups is 2. The summed E-state index contributed by atoms with van der Waals surface area (Å²) in [4.78, 5) is 52.5. The van der Waals surface area contributed by atoms with E-state index in [9.17, 15) is 14.4 Å². The summed E-state index contributed by atoms with van der Waals surface area (Å²) < 4.78 is 5.44. The summed E-state index contributed by atoms with van der Waals surface area (Å²) in [7, 11) is 0. The first-order chi connectivity index (χ1) is 17.9. The highest BCUT2D eigenvalue weighted by Crippen LogP contribution is 2.37. The molecule has 0 aromatic carbocycles. The molecule has 0 spiro atoms. The number of thiophene rings is 1. The van der Waals surface area contributed by atoms with Gasteiger partial charge in [-0.2, -0.15) is 0 Å². The average Bonchev–Trinajstić information content (AvgIpc) is 3.08. The Kier molecular flexibility index (Phi) is 9.77. The van der Waals surface area contributed by atoms with Crippen molar-refractivity contribution in [2.24, 2.45) is 22.4 Å². The Bertz CT molecular complexity index is 1090. The van der Waals surface area contributed by atoms with Crippen molar-refractivity contribution < 1.29 is 24.0 Å². The summed E-state index contributed by atoms with van der Waals surface area (Å²) in [6, 6.07) is 1.48. The maximum atomic E-state index is 13.4. The molecule has 1 saturated heterocycles. The lowest BCUT2D eigenvalue weighted by Gasteiger charge is -2.39. The first-order valence-electron chi connectivity index (χ1n) is 13.0. The summed E-state index contributed by atoms with van der Waals surface area (Å²) in [5, 5.41) is 1.33. The van der Waals surface area contributed by atoms with Gasteiger partial charge in [0.1, 0.15) is 11.4 Å².